The molecule has 1 fully saturated rings. The summed E-state index contributed by atoms with van der Waals surface area (Å²) in [4.78, 5) is 30.9. The van der Waals surface area contributed by atoms with E-state index in [0.29, 0.717) is 6.54 Å². The second kappa shape index (κ2) is 9.18. The highest BCUT2D eigenvalue weighted by Crippen LogP contribution is 2.23. The van der Waals surface area contributed by atoms with E-state index in [4.69, 9.17) is 0 Å². The van der Waals surface area contributed by atoms with Gasteiger partial charge in [0.2, 0.25) is 5.91 Å². The van der Waals surface area contributed by atoms with E-state index in [1.807, 2.05) is 37.4 Å². The van der Waals surface area contributed by atoms with E-state index in [1.165, 1.54) is 17.0 Å². The summed E-state index contributed by atoms with van der Waals surface area (Å²) in [5.74, 6) is 0.0311. The van der Waals surface area contributed by atoms with Crippen molar-refractivity contribution in [3.8, 4) is 0 Å². The second-order valence-corrected chi connectivity index (χ2v) is 7.88. The number of nitrogens with zero attached hydrogens (tertiary/aromatic N) is 3. The average Bonchev–Trinajstić information content (AvgIpc) is 3.22. The van der Waals surface area contributed by atoms with Gasteiger partial charge in [0.05, 0.1) is 11.0 Å². The molecular formula is C23H27N5O3. The van der Waals surface area contributed by atoms with Crippen LogP contribution in [0.4, 0.5) is 11.4 Å². The maximum atomic E-state index is 12.7. The summed E-state index contributed by atoms with van der Waals surface area (Å²) in [6.45, 7) is 5.46. The van der Waals surface area contributed by atoms with Crippen molar-refractivity contribution in [2.45, 2.75) is 19.4 Å². The van der Waals surface area contributed by atoms with Crippen LogP contribution < -0.4 is 10.2 Å². The molecule has 1 aromatic heterocycles. The SMILES string of the molecule is CC(C(=O)NCCc1c[nH]c2ccccc12)N1CCN(c2cccc([N+](=O)[O-])c2)CC1. The molecule has 2 heterocycles. The molecule has 31 heavy (non-hydrogen) atoms. The van der Waals surface area contributed by atoms with Gasteiger partial charge in [-0.1, -0.05) is 24.3 Å². The van der Waals surface area contributed by atoms with Gasteiger partial charge in [0.25, 0.3) is 5.69 Å². The molecule has 4 rings (SSSR count). The molecule has 1 saturated heterocycles. The Morgan fingerprint density at radius 1 is 1.16 bits per heavy atom. The lowest BCUT2D eigenvalue weighted by Crippen LogP contribution is -2.54. The number of nitro groups is 1. The number of amides is 1. The minimum absolute atomic E-state index is 0.0311. The number of hydrogen-bond acceptors (Lipinski definition) is 5. The smallest absolute Gasteiger partial charge is 0.271 e. The van der Waals surface area contributed by atoms with E-state index in [2.05, 4.69) is 26.2 Å². The molecule has 8 nitrogen and oxygen atoms in total. The third-order valence-corrected chi connectivity index (χ3v) is 6.02. The maximum Gasteiger partial charge on any atom is 0.271 e. The van der Waals surface area contributed by atoms with Crippen molar-refractivity contribution in [1.82, 2.24) is 15.2 Å². The minimum Gasteiger partial charge on any atom is -0.369 e. The van der Waals surface area contributed by atoms with E-state index in [0.717, 1.165) is 43.8 Å². The summed E-state index contributed by atoms with van der Waals surface area (Å²) in [6.07, 6.45) is 2.79. The van der Waals surface area contributed by atoms with Crippen LogP contribution >= 0.6 is 0 Å². The number of benzene rings is 2. The first-order valence-corrected chi connectivity index (χ1v) is 10.6. The van der Waals surface area contributed by atoms with Crippen LogP contribution in [0.2, 0.25) is 0 Å². The van der Waals surface area contributed by atoms with Crippen LogP contribution in [0.5, 0.6) is 0 Å². The number of anilines is 1. The predicted molar refractivity (Wildman–Crippen MR) is 121 cm³/mol. The summed E-state index contributed by atoms with van der Waals surface area (Å²) in [6, 6.07) is 14.7. The Morgan fingerprint density at radius 3 is 2.71 bits per heavy atom. The van der Waals surface area contributed by atoms with Crippen molar-refractivity contribution in [3.63, 3.8) is 0 Å². The first kappa shape index (κ1) is 20.9. The van der Waals surface area contributed by atoms with Gasteiger partial charge in [0.15, 0.2) is 0 Å². The molecule has 1 atom stereocenters. The fourth-order valence-electron chi connectivity index (χ4n) is 4.14. The predicted octanol–water partition coefficient (Wildman–Crippen LogP) is 2.95. The number of nitrogens with one attached hydrogen (secondary N) is 2. The number of fused-ring (bicyclic) bond motifs is 1. The normalized spacial score (nSPS) is 15.7. The standard InChI is InChI=1S/C23H27N5O3/c1-17(23(29)24-10-9-18-16-25-22-8-3-2-7-21(18)22)26-11-13-27(14-12-26)19-5-4-6-20(15-19)28(30)31/h2-8,15-17,25H,9-14H2,1H3,(H,24,29). The third-order valence-electron chi connectivity index (χ3n) is 6.02. The average molecular weight is 422 g/mol. The highest BCUT2D eigenvalue weighted by Gasteiger charge is 2.26. The Kier molecular flexibility index (Phi) is 6.18. The van der Waals surface area contributed by atoms with Crippen LogP contribution in [0.3, 0.4) is 0 Å². The van der Waals surface area contributed by atoms with Crippen LogP contribution in [-0.4, -0.2) is 59.5 Å². The van der Waals surface area contributed by atoms with Gasteiger partial charge in [0, 0.05) is 67.6 Å². The molecule has 0 bridgehead atoms. The summed E-state index contributed by atoms with van der Waals surface area (Å²) in [5.41, 5.74) is 3.26. The number of H-pyrrole nitrogens is 1. The van der Waals surface area contributed by atoms with E-state index in [1.54, 1.807) is 12.1 Å². The van der Waals surface area contributed by atoms with Gasteiger partial charge in [0.1, 0.15) is 0 Å². The number of carbonyl (C=O) groups is 1. The summed E-state index contributed by atoms with van der Waals surface area (Å²) in [5, 5.41) is 15.3. The zero-order chi connectivity index (χ0) is 21.8. The molecule has 162 valence electrons. The molecule has 2 aromatic carbocycles. The Labute approximate surface area is 181 Å². The molecule has 8 heteroatoms. The Morgan fingerprint density at radius 2 is 1.94 bits per heavy atom. The van der Waals surface area contributed by atoms with Crippen molar-refractivity contribution in [3.05, 3.63) is 70.4 Å². The molecule has 0 saturated carbocycles. The summed E-state index contributed by atoms with van der Waals surface area (Å²) < 4.78 is 0. The molecule has 0 spiro atoms. The largest absolute Gasteiger partial charge is 0.369 e. The Bertz CT molecular complexity index is 1070. The van der Waals surface area contributed by atoms with Gasteiger partial charge in [-0.2, -0.15) is 0 Å². The van der Waals surface area contributed by atoms with Gasteiger partial charge >= 0.3 is 0 Å². The summed E-state index contributed by atoms with van der Waals surface area (Å²) >= 11 is 0. The number of hydrogen-bond donors (Lipinski definition) is 2. The number of aromatic amines is 1. The molecule has 1 amide bonds. The van der Waals surface area contributed by atoms with E-state index in [9.17, 15) is 14.9 Å². The number of rotatable bonds is 7. The molecule has 1 unspecified atom stereocenters. The first-order valence-electron chi connectivity index (χ1n) is 10.6. The molecule has 0 aliphatic carbocycles. The van der Waals surface area contributed by atoms with Crippen LogP contribution in [0.25, 0.3) is 10.9 Å². The van der Waals surface area contributed by atoms with Gasteiger partial charge in [-0.3, -0.25) is 19.8 Å². The van der Waals surface area contributed by atoms with Crippen LogP contribution in [0.1, 0.15) is 12.5 Å². The zero-order valence-corrected chi connectivity index (χ0v) is 17.6. The minimum atomic E-state index is -0.373. The van der Waals surface area contributed by atoms with Gasteiger partial charge in [-0.05, 0) is 31.0 Å². The quantitative estimate of drug-likeness (QED) is 0.452. The summed E-state index contributed by atoms with van der Waals surface area (Å²) in [7, 11) is 0. The van der Waals surface area contributed by atoms with Gasteiger partial charge in [-0.25, -0.2) is 0 Å². The van der Waals surface area contributed by atoms with Crippen molar-refractivity contribution < 1.29 is 9.72 Å². The third kappa shape index (κ3) is 4.69. The van der Waals surface area contributed by atoms with E-state index in [-0.39, 0.29) is 22.6 Å². The van der Waals surface area contributed by atoms with Crippen LogP contribution in [0.15, 0.2) is 54.7 Å². The van der Waals surface area contributed by atoms with Crippen molar-refractivity contribution in [2.24, 2.45) is 0 Å². The highest BCUT2D eigenvalue weighted by atomic mass is 16.6. The number of piperazine rings is 1. The first-order chi connectivity index (χ1) is 15.0. The van der Waals surface area contributed by atoms with Gasteiger partial charge in [-0.15, -0.1) is 0 Å². The number of aromatic nitrogens is 1. The Hall–Kier alpha value is -3.39. The number of nitro benzene ring substituents is 1. The maximum absolute atomic E-state index is 12.7. The lowest BCUT2D eigenvalue weighted by Gasteiger charge is -2.38. The lowest BCUT2D eigenvalue weighted by molar-refractivity contribution is -0.384. The van der Waals surface area contributed by atoms with Crippen molar-refractivity contribution >= 4 is 28.2 Å². The number of para-hydroxylation sites is 1. The Balaban J connectivity index is 1.26. The topological polar surface area (TPSA) is 94.5 Å². The van der Waals surface area contributed by atoms with Crippen molar-refractivity contribution in [2.75, 3.05) is 37.6 Å². The molecule has 0 radical (unpaired) electrons. The second-order valence-electron chi connectivity index (χ2n) is 7.88. The monoisotopic (exact) mass is 421 g/mol. The zero-order valence-electron chi connectivity index (χ0n) is 17.6. The van der Waals surface area contributed by atoms with Crippen molar-refractivity contribution in [1.29, 1.82) is 0 Å². The molecule has 1 aliphatic rings. The van der Waals surface area contributed by atoms with Crippen LogP contribution in [0, 0.1) is 10.1 Å². The van der Waals surface area contributed by atoms with E-state index >= 15 is 0 Å². The highest BCUT2D eigenvalue weighted by molar-refractivity contribution is 5.83. The van der Waals surface area contributed by atoms with Crippen LogP contribution in [-0.2, 0) is 11.2 Å². The number of non-ortho nitro benzene ring substituents is 1. The van der Waals surface area contributed by atoms with Gasteiger partial charge < -0.3 is 15.2 Å². The molecule has 1 aliphatic heterocycles. The lowest BCUT2D eigenvalue weighted by atomic mass is 10.1. The fraction of sp³-hybridized carbons (Fsp3) is 0.348. The number of carbonyl (C=O) groups excluding carboxylic acids is 1. The van der Waals surface area contributed by atoms with E-state index < -0.39 is 0 Å². The molecule has 3 aromatic rings. The fourth-order valence-corrected chi connectivity index (χ4v) is 4.14. The molecular weight excluding hydrogens is 394 g/mol. The molecule has 2 N–H and O–H groups in total.